The molecule has 60 valence electrons. The molecule has 0 aromatic carbocycles. The minimum Gasteiger partial charge on any atom is -0.422 e. The van der Waals surface area contributed by atoms with Crippen molar-refractivity contribution in [3.8, 4) is 0 Å². The van der Waals surface area contributed by atoms with Crippen molar-refractivity contribution in [2.75, 3.05) is 0 Å². The number of hydrogen-bond acceptors (Lipinski definition) is 3. The van der Waals surface area contributed by atoms with E-state index in [1.165, 1.54) is 0 Å². The first-order chi connectivity index (χ1) is 5.77. The fourth-order valence-electron chi connectivity index (χ4n) is 1.12. The van der Waals surface area contributed by atoms with Gasteiger partial charge in [-0.05, 0) is 18.2 Å². The average Bonchev–Trinajstić information content (AvgIpc) is 2.46. The number of fused-ring (bicyclic) bond motifs is 1. The van der Waals surface area contributed by atoms with Gasteiger partial charge in [0.2, 0.25) is 0 Å². The van der Waals surface area contributed by atoms with E-state index in [2.05, 4.69) is 9.97 Å². The zero-order valence-corrected chi connectivity index (χ0v) is 6.23. The second-order valence-corrected chi connectivity index (χ2v) is 2.54. The summed E-state index contributed by atoms with van der Waals surface area (Å²) in [6.07, 6.45) is 1.65. The molecule has 3 N–H and O–H groups in total. The van der Waals surface area contributed by atoms with E-state index in [4.69, 9.17) is 10.0 Å². The zero-order chi connectivity index (χ0) is 8.55. The third-order valence-electron chi connectivity index (χ3n) is 1.69. The standard InChI is InChI=1S/C7H7BN2O2/c11-8(12)6-4-5-2-1-3-9-7(5)10-6/h1-4,11-12H,(H,9,10). The molecule has 0 atom stereocenters. The summed E-state index contributed by atoms with van der Waals surface area (Å²) in [6.45, 7) is 0. The molecule has 0 saturated heterocycles. The number of pyridine rings is 1. The molecular formula is C7H7BN2O2. The fraction of sp³-hybridized carbons (Fsp3) is 0. The Morgan fingerprint density at radius 3 is 2.92 bits per heavy atom. The molecule has 0 saturated carbocycles. The average molecular weight is 162 g/mol. The van der Waals surface area contributed by atoms with Gasteiger partial charge in [-0.2, -0.15) is 0 Å². The van der Waals surface area contributed by atoms with Crippen LogP contribution in [0.4, 0.5) is 0 Å². The number of nitrogens with one attached hydrogen (secondary N) is 1. The molecule has 0 radical (unpaired) electrons. The molecule has 0 aliphatic heterocycles. The molecule has 4 nitrogen and oxygen atoms in total. The van der Waals surface area contributed by atoms with E-state index in [1.54, 1.807) is 18.3 Å². The largest absolute Gasteiger partial charge is 0.505 e. The SMILES string of the molecule is OB(O)c1cc2cccnc2[nH]1. The highest BCUT2D eigenvalue weighted by atomic mass is 16.4. The number of H-pyrrole nitrogens is 1. The summed E-state index contributed by atoms with van der Waals surface area (Å²) in [5.74, 6) is 0. The summed E-state index contributed by atoms with van der Waals surface area (Å²) in [7, 11) is -1.46. The minimum absolute atomic E-state index is 0.365. The Bertz CT molecular complexity index is 366. The van der Waals surface area contributed by atoms with E-state index in [1.807, 2.05) is 6.07 Å². The van der Waals surface area contributed by atoms with Crippen LogP contribution in [0.3, 0.4) is 0 Å². The smallest absolute Gasteiger partial charge is 0.422 e. The van der Waals surface area contributed by atoms with Crippen molar-refractivity contribution in [1.82, 2.24) is 9.97 Å². The van der Waals surface area contributed by atoms with Gasteiger partial charge in [0, 0.05) is 17.2 Å². The topological polar surface area (TPSA) is 69.1 Å². The highest BCUT2D eigenvalue weighted by molar-refractivity contribution is 6.58. The van der Waals surface area contributed by atoms with Gasteiger partial charge in [-0.15, -0.1) is 0 Å². The predicted octanol–water partition coefficient (Wildman–Crippen LogP) is -0.757. The second-order valence-electron chi connectivity index (χ2n) is 2.54. The van der Waals surface area contributed by atoms with Gasteiger partial charge in [0.15, 0.2) is 0 Å². The number of nitrogens with zero attached hydrogens (tertiary/aromatic N) is 1. The van der Waals surface area contributed by atoms with Gasteiger partial charge in [-0.25, -0.2) is 4.98 Å². The molecule has 5 heteroatoms. The monoisotopic (exact) mass is 162 g/mol. The van der Waals surface area contributed by atoms with Gasteiger partial charge in [0.05, 0.1) is 0 Å². The summed E-state index contributed by atoms with van der Waals surface area (Å²) in [5, 5.41) is 18.5. The maximum atomic E-state index is 8.82. The summed E-state index contributed by atoms with van der Waals surface area (Å²) >= 11 is 0. The van der Waals surface area contributed by atoms with E-state index >= 15 is 0 Å². The molecule has 0 fully saturated rings. The Kier molecular flexibility index (Phi) is 1.60. The van der Waals surface area contributed by atoms with Crippen molar-refractivity contribution in [2.24, 2.45) is 0 Å². The van der Waals surface area contributed by atoms with Crippen molar-refractivity contribution < 1.29 is 10.0 Å². The lowest BCUT2D eigenvalue weighted by molar-refractivity contribution is 0.424. The van der Waals surface area contributed by atoms with Crippen molar-refractivity contribution in [2.45, 2.75) is 0 Å². The first-order valence-electron chi connectivity index (χ1n) is 3.57. The first-order valence-corrected chi connectivity index (χ1v) is 3.57. The van der Waals surface area contributed by atoms with E-state index in [0.29, 0.717) is 11.2 Å². The van der Waals surface area contributed by atoms with Crippen LogP contribution < -0.4 is 5.59 Å². The summed E-state index contributed by atoms with van der Waals surface area (Å²) in [4.78, 5) is 6.79. The van der Waals surface area contributed by atoms with Crippen molar-refractivity contribution in [3.05, 3.63) is 24.4 Å². The molecule has 2 rings (SSSR count). The zero-order valence-electron chi connectivity index (χ0n) is 6.23. The van der Waals surface area contributed by atoms with Gasteiger partial charge in [-0.1, -0.05) is 0 Å². The fourth-order valence-corrected chi connectivity index (χ4v) is 1.12. The number of hydrogen-bond donors (Lipinski definition) is 3. The van der Waals surface area contributed by atoms with Crippen LogP contribution in [0.25, 0.3) is 11.0 Å². The van der Waals surface area contributed by atoms with Gasteiger partial charge in [0.1, 0.15) is 5.65 Å². The summed E-state index contributed by atoms with van der Waals surface area (Å²) < 4.78 is 0. The molecule has 2 aromatic rings. The van der Waals surface area contributed by atoms with Crippen molar-refractivity contribution in [3.63, 3.8) is 0 Å². The third-order valence-corrected chi connectivity index (χ3v) is 1.69. The molecule has 0 aliphatic rings. The number of aromatic amines is 1. The molecule has 0 amide bonds. The summed E-state index contributed by atoms with van der Waals surface area (Å²) in [5.41, 5.74) is 1.03. The summed E-state index contributed by atoms with van der Waals surface area (Å²) in [6, 6.07) is 5.31. The highest BCUT2D eigenvalue weighted by Crippen LogP contribution is 2.05. The Morgan fingerprint density at radius 1 is 1.42 bits per heavy atom. The Hall–Kier alpha value is -1.33. The molecular weight excluding hydrogens is 155 g/mol. The molecule has 2 aromatic heterocycles. The Labute approximate surface area is 69.0 Å². The van der Waals surface area contributed by atoms with Gasteiger partial charge in [-0.3, -0.25) is 0 Å². The van der Waals surface area contributed by atoms with Crippen LogP contribution in [0.2, 0.25) is 0 Å². The van der Waals surface area contributed by atoms with Gasteiger partial charge in [0.25, 0.3) is 0 Å². The van der Waals surface area contributed by atoms with Crippen molar-refractivity contribution >= 4 is 23.7 Å². The van der Waals surface area contributed by atoms with Crippen LogP contribution in [0.1, 0.15) is 0 Å². The lowest BCUT2D eigenvalue weighted by atomic mass is 9.87. The van der Waals surface area contributed by atoms with Crippen LogP contribution in [0.5, 0.6) is 0 Å². The predicted molar refractivity (Wildman–Crippen MR) is 45.9 cm³/mol. The van der Waals surface area contributed by atoms with Crippen LogP contribution in [0, 0.1) is 0 Å². The third kappa shape index (κ3) is 1.09. The van der Waals surface area contributed by atoms with Crippen LogP contribution in [-0.4, -0.2) is 27.1 Å². The molecule has 0 bridgehead atoms. The van der Waals surface area contributed by atoms with Gasteiger partial charge >= 0.3 is 7.12 Å². The lowest BCUT2D eigenvalue weighted by Gasteiger charge is -1.89. The maximum Gasteiger partial charge on any atom is 0.505 e. The Balaban J connectivity index is 2.62. The van der Waals surface area contributed by atoms with E-state index in [0.717, 1.165) is 5.39 Å². The van der Waals surface area contributed by atoms with Crippen LogP contribution in [-0.2, 0) is 0 Å². The maximum absolute atomic E-state index is 8.82. The number of rotatable bonds is 1. The first kappa shape index (κ1) is 7.33. The van der Waals surface area contributed by atoms with E-state index in [9.17, 15) is 0 Å². The molecule has 0 spiro atoms. The highest BCUT2D eigenvalue weighted by Gasteiger charge is 2.13. The van der Waals surface area contributed by atoms with Crippen LogP contribution in [0.15, 0.2) is 24.4 Å². The Morgan fingerprint density at radius 2 is 2.25 bits per heavy atom. The minimum atomic E-state index is -1.46. The molecule has 12 heavy (non-hydrogen) atoms. The molecule has 2 heterocycles. The second kappa shape index (κ2) is 2.62. The number of aromatic nitrogens is 2. The normalized spacial score (nSPS) is 10.5. The van der Waals surface area contributed by atoms with Crippen molar-refractivity contribution in [1.29, 1.82) is 0 Å². The molecule has 0 unspecified atom stereocenters. The quantitative estimate of drug-likeness (QED) is 0.483. The lowest BCUT2D eigenvalue weighted by Crippen LogP contribution is -2.30. The molecule has 0 aliphatic carbocycles. The van der Waals surface area contributed by atoms with Gasteiger partial charge < -0.3 is 15.0 Å². The van der Waals surface area contributed by atoms with E-state index < -0.39 is 7.12 Å². The van der Waals surface area contributed by atoms with Crippen LogP contribution >= 0.6 is 0 Å². The van der Waals surface area contributed by atoms with E-state index in [-0.39, 0.29) is 0 Å².